The number of aromatic nitrogens is 1. The highest BCUT2D eigenvalue weighted by Gasteiger charge is 2.38. The molecule has 0 saturated carbocycles. The van der Waals surface area contributed by atoms with Crippen molar-refractivity contribution in [3.8, 4) is 11.1 Å². The molecular weight excluding hydrogens is 362 g/mol. The van der Waals surface area contributed by atoms with Gasteiger partial charge in [0.05, 0.1) is 0 Å². The van der Waals surface area contributed by atoms with Crippen LogP contribution in [0.5, 0.6) is 0 Å². The van der Waals surface area contributed by atoms with Crippen LogP contribution < -0.4 is 10.5 Å². The van der Waals surface area contributed by atoms with Crippen molar-refractivity contribution < 1.29 is 4.74 Å². The lowest BCUT2D eigenvalue weighted by Gasteiger charge is -2.47. The fraction of sp³-hybridized carbons (Fsp3) is 0.542. The van der Waals surface area contributed by atoms with Crippen molar-refractivity contribution in [3.63, 3.8) is 0 Å². The molecule has 5 rings (SSSR count). The van der Waals surface area contributed by atoms with Gasteiger partial charge in [-0.1, -0.05) is 12.1 Å². The van der Waals surface area contributed by atoms with Gasteiger partial charge in [0.25, 0.3) is 5.56 Å². The molecule has 0 spiro atoms. The van der Waals surface area contributed by atoms with Gasteiger partial charge < -0.3 is 14.2 Å². The fourth-order valence-electron chi connectivity index (χ4n) is 5.58. The second-order valence-electron chi connectivity index (χ2n) is 9.12. The summed E-state index contributed by atoms with van der Waals surface area (Å²) in [6.45, 7) is 4.81. The molecule has 3 aliphatic heterocycles. The highest BCUT2D eigenvalue weighted by Crippen LogP contribution is 2.41. The number of nitrogens with zero attached hydrogens (tertiary/aromatic N) is 3. The molecule has 2 bridgehead atoms. The van der Waals surface area contributed by atoms with Gasteiger partial charge in [0.15, 0.2) is 0 Å². The molecular formula is C24H31N3O2. The summed E-state index contributed by atoms with van der Waals surface area (Å²) in [5.74, 6) is 1.01. The van der Waals surface area contributed by atoms with Gasteiger partial charge in [0.1, 0.15) is 0 Å². The molecule has 29 heavy (non-hydrogen) atoms. The Balaban J connectivity index is 1.51. The summed E-state index contributed by atoms with van der Waals surface area (Å²) in [7, 11) is 4.12. The molecule has 2 saturated heterocycles. The molecule has 2 atom stereocenters. The summed E-state index contributed by atoms with van der Waals surface area (Å²) >= 11 is 0. The number of rotatable bonds is 3. The van der Waals surface area contributed by atoms with Crippen LogP contribution in [0.1, 0.15) is 30.9 Å². The van der Waals surface area contributed by atoms with E-state index in [0.29, 0.717) is 17.9 Å². The zero-order valence-electron chi connectivity index (χ0n) is 17.5. The smallest absolute Gasteiger partial charge is 0.250 e. The average molecular weight is 394 g/mol. The van der Waals surface area contributed by atoms with E-state index >= 15 is 0 Å². The molecule has 5 heteroatoms. The van der Waals surface area contributed by atoms with E-state index in [2.05, 4.69) is 52.7 Å². The number of likely N-dealkylation sites (tertiary alicyclic amines) is 1. The molecule has 154 valence electrons. The first-order valence-electron chi connectivity index (χ1n) is 10.9. The summed E-state index contributed by atoms with van der Waals surface area (Å²) in [4.78, 5) is 17.5. The third kappa shape index (κ3) is 3.51. The predicted molar refractivity (Wildman–Crippen MR) is 117 cm³/mol. The van der Waals surface area contributed by atoms with E-state index in [1.807, 2.05) is 6.07 Å². The topological polar surface area (TPSA) is 37.7 Å². The standard InChI is InChI=1S/C24H31N3O2/c1-25(2)20-5-3-18(4-6-20)22-7-8-23(28)27-15-17-13-19(24(22)27)16-26(14-17)21-9-11-29-12-10-21/h3-8,17,19,21H,9-16H2,1-2H3/t17-,19+/m0/s1. The van der Waals surface area contributed by atoms with Crippen LogP contribution in [0, 0.1) is 5.92 Å². The molecule has 0 amide bonds. The van der Waals surface area contributed by atoms with E-state index in [4.69, 9.17) is 4.74 Å². The minimum atomic E-state index is 0.155. The third-order valence-electron chi connectivity index (χ3n) is 7.02. The van der Waals surface area contributed by atoms with Crippen molar-refractivity contribution >= 4 is 5.69 Å². The molecule has 0 N–H and O–H groups in total. The number of anilines is 1. The second kappa shape index (κ2) is 7.62. The van der Waals surface area contributed by atoms with Crippen LogP contribution in [0.2, 0.25) is 0 Å². The Morgan fingerprint density at radius 3 is 2.45 bits per heavy atom. The lowest BCUT2D eigenvalue weighted by molar-refractivity contribution is 0.00597. The van der Waals surface area contributed by atoms with Crippen LogP contribution in [-0.4, -0.2) is 55.9 Å². The minimum absolute atomic E-state index is 0.155. The number of fused-ring (bicyclic) bond motifs is 4. The molecule has 1 aromatic heterocycles. The van der Waals surface area contributed by atoms with Crippen molar-refractivity contribution in [3.05, 3.63) is 52.4 Å². The zero-order valence-corrected chi connectivity index (χ0v) is 17.5. The van der Waals surface area contributed by atoms with E-state index in [0.717, 1.165) is 45.7 Å². The quantitative estimate of drug-likeness (QED) is 0.803. The summed E-state index contributed by atoms with van der Waals surface area (Å²) in [5, 5.41) is 0. The van der Waals surface area contributed by atoms with E-state index in [9.17, 15) is 4.79 Å². The van der Waals surface area contributed by atoms with Gasteiger partial charge in [-0.05, 0) is 48.9 Å². The van der Waals surface area contributed by atoms with Gasteiger partial charge in [-0.2, -0.15) is 0 Å². The molecule has 3 aliphatic rings. The lowest BCUT2D eigenvalue weighted by atomic mass is 9.79. The van der Waals surface area contributed by atoms with Gasteiger partial charge in [0.2, 0.25) is 0 Å². The van der Waals surface area contributed by atoms with Gasteiger partial charge >= 0.3 is 0 Å². The van der Waals surface area contributed by atoms with Crippen LogP contribution >= 0.6 is 0 Å². The van der Waals surface area contributed by atoms with Crippen molar-refractivity contribution in [1.82, 2.24) is 9.47 Å². The summed E-state index contributed by atoms with van der Waals surface area (Å²) in [5.41, 5.74) is 5.04. The molecule has 0 radical (unpaired) electrons. The van der Waals surface area contributed by atoms with E-state index < -0.39 is 0 Å². The van der Waals surface area contributed by atoms with Crippen molar-refractivity contribution in [2.24, 2.45) is 5.92 Å². The first-order chi connectivity index (χ1) is 14.1. The Kier molecular flexibility index (Phi) is 4.96. The number of hydrogen-bond acceptors (Lipinski definition) is 4. The summed E-state index contributed by atoms with van der Waals surface area (Å²) < 4.78 is 7.66. The normalized spacial score (nSPS) is 24.9. The molecule has 2 fully saturated rings. The van der Waals surface area contributed by atoms with E-state index in [-0.39, 0.29) is 5.56 Å². The Morgan fingerprint density at radius 2 is 1.72 bits per heavy atom. The third-order valence-corrected chi connectivity index (χ3v) is 7.02. The Morgan fingerprint density at radius 1 is 0.966 bits per heavy atom. The Bertz CT molecular complexity index is 928. The van der Waals surface area contributed by atoms with Crippen LogP contribution in [-0.2, 0) is 11.3 Å². The molecule has 1 aromatic carbocycles. The average Bonchev–Trinajstić information content (AvgIpc) is 2.75. The van der Waals surface area contributed by atoms with Gasteiger partial charge in [-0.15, -0.1) is 0 Å². The molecule has 0 aliphatic carbocycles. The summed E-state index contributed by atoms with van der Waals surface area (Å²) in [6, 6.07) is 13.2. The molecule has 0 unspecified atom stereocenters. The van der Waals surface area contributed by atoms with Crippen LogP contribution in [0.25, 0.3) is 11.1 Å². The van der Waals surface area contributed by atoms with Crippen LogP contribution in [0.3, 0.4) is 0 Å². The Labute approximate surface area is 172 Å². The highest BCUT2D eigenvalue weighted by molar-refractivity contribution is 5.69. The molecule has 4 heterocycles. The zero-order chi connectivity index (χ0) is 20.0. The SMILES string of the molecule is CN(C)c1ccc(-c2ccc(=O)n3c2[C@@H]2C[C@@H](CN(C4CCOCC4)C2)C3)cc1. The van der Waals surface area contributed by atoms with Crippen LogP contribution in [0.4, 0.5) is 5.69 Å². The maximum atomic E-state index is 12.7. The van der Waals surface area contributed by atoms with E-state index in [1.54, 1.807) is 6.07 Å². The van der Waals surface area contributed by atoms with Gasteiger partial charge in [-0.25, -0.2) is 0 Å². The maximum absolute atomic E-state index is 12.7. The number of pyridine rings is 1. The van der Waals surface area contributed by atoms with Crippen LogP contribution in [0.15, 0.2) is 41.2 Å². The maximum Gasteiger partial charge on any atom is 0.250 e. The summed E-state index contributed by atoms with van der Waals surface area (Å²) in [6.07, 6.45) is 3.48. The Hall–Kier alpha value is -2.11. The van der Waals surface area contributed by atoms with Crippen molar-refractivity contribution in [2.45, 2.75) is 37.8 Å². The van der Waals surface area contributed by atoms with Gasteiger partial charge in [-0.3, -0.25) is 9.69 Å². The predicted octanol–water partition coefficient (Wildman–Crippen LogP) is 3.18. The highest BCUT2D eigenvalue weighted by atomic mass is 16.5. The number of ether oxygens (including phenoxy) is 1. The second-order valence-corrected chi connectivity index (χ2v) is 9.12. The molecule has 2 aromatic rings. The largest absolute Gasteiger partial charge is 0.381 e. The number of benzene rings is 1. The first-order valence-corrected chi connectivity index (χ1v) is 10.9. The first kappa shape index (κ1) is 18.9. The van der Waals surface area contributed by atoms with E-state index in [1.165, 1.54) is 28.9 Å². The van der Waals surface area contributed by atoms with Gasteiger partial charge in [0, 0.05) is 81.9 Å². The monoisotopic (exact) mass is 393 g/mol. The van der Waals surface area contributed by atoms with Crippen molar-refractivity contribution in [1.29, 1.82) is 0 Å². The fourth-order valence-corrected chi connectivity index (χ4v) is 5.58. The lowest BCUT2D eigenvalue weighted by Crippen LogP contribution is -2.51. The molecule has 5 nitrogen and oxygen atoms in total. The number of piperidine rings is 1. The minimum Gasteiger partial charge on any atom is -0.381 e. The van der Waals surface area contributed by atoms with Crippen molar-refractivity contribution in [2.75, 3.05) is 45.3 Å². The number of hydrogen-bond donors (Lipinski definition) is 0.